The third-order valence-electron chi connectivity index (χ3n) is 9.33. The lowest BCUT2D eigenvalue weighted by Crippen LogP contribution is -2.64. The number of carbonyl (C=O) groups excluding carboxylic acids is 2. The topological polar surface area (TPSA) is 134 Å². The van der Waals surface area contributed by atoms with Crippen molar-refractivity contribution >= 4 is 56.8 Å². The van der Waals surface area contributed by atoms with Gasteiger partial charge in [-0.1, -0.05) is 38.1 Å². The number of fused-ring (bicyclic) bond motifs is 6. The predicted octanol–water partition coefficient (Wildman–Crippen LogP) is 5.56. The molecule has 0 saturated carbocycles. The van der Waals surface area contributed by atoms with Crippen molar-refractivity contribution in [2.75, 3.05) is 23.3 Å². The molecule has 2 aromatic carbocycles. The van der Waals surface area contributed by atoms with Crippen LogP contribution in [0.25, 0.3) is 38.8 Å². The van der Waals surface area contributed by atoms with Crippen LogP contribution in [0.2, 0.25) is 5.02 Å². The highest BCUT2D eigenvalue weighted by Gasteiger charge is 2.44. The molecule has 3 aromatic heterocycles. The molecule has 48 heavy (non-hydrogen) atoms. The van der Waals surface area contributed by atoms with Crippen LogP contribution in [-0.4, -0.2) is 56.4 Å². The Bertz CT molecular complexity index is 2360. The number of anilines is 2. The van der Waals surface area contributed by atoms with E-state index in [2.05, 4.69) is 21.9 Å². The molecule has 1 saturated heterocycles. The first-order chi connectivity index (χ1) is 22.8. The van der Waals surface area contributed by atoms with Crippen molar-refractivity contribution < 1.29 is 18.4 Å². The van der Waals surface area contributed by atoms with Crippen LogP contribution in [0.3, 0.4) is 0 Å². The number of H-pyrrole nitrogens is 1. The minimum absolute atomic E-state index is 0.0308. The van der Waals surface area contributed by atoms with Crippen molar-refractivity contribution in [1.82, 2.24) is 19.4 Å². The standard InChI is InChI=1S/C35H32ClFN6O5/c1-7-23(44)41-14-22-33(45)40-28-31(42(22)13-18(41)6)19-12-20(37)25(24-16(4)8-9-21-32(24)48-35(47)39-21)26(36)30(19)43(34(28)46)29-17(5)10-11-38-27(29)15(2)3/h7-12,15,18,22H,1,13-14H2,2-6H3,(H,39,47)(H,40,45). The number of carbonyl (C=O) groups is 2. The third-order valence-corrected chi connectivity index (χ3v) is 9.70. The monoisotopic (exact) mass is 670 g/mol. The Morgan fingerprint density at radius 2 is 1.88 bits per heavy atom. The first kappa shape index (κ1) is 31.4. The number of amides is 2. The van der Waals surface area contributed by atoms with E-state index < -0.39 is 29.1 Å². The molecule has 0 spiro atoms. The fourth-order valence-corrected chi connectivity index (χ4v) is 7.47. The lowest BCUT2D eigenvalue weighted by Gasteiger charge is -2.48. The zero-order chi connectivity index (χ0) is 34.3. The summed E-state index contributed by atoms with van der Waals surface area (Å²) in [7, 11) is 0. The van der Waals surface area contributed by atoms with Gasteiger partial charge in [-0.2, -0.15) is 0 Å². The Morgan fingerprint density at radius 3 is 2.58 bits per heavy atom. The van der Waals surface area contributed by atoms with E-state index in [0.29, 0.717) is 33.7 Å². The number of rotatable bonds is 4. The molecule has 5 heterocycles. The van der Waals surface area contributed by atoms with Crippen molar-refractivity contribution in [3.05, 3.63) is 91.7 Å². The van der Waals surface area contributed by atoms with Crippen LogP contribution in [0.1, 0.15) is 43.5 Å². The van der Waals surface area contributed by atoms with Gasteiger partial charge >= 0.3 is 5.76 Å². The Balaban J connectivity index is 1.64. The highest BCUT2D eigenvalue weighted by atomic mass is 35.5. The molecular weight excluding hydrogens is 639 g/mol. The van der Waals surface area contributed by atoms with Gasteiger partial charge in [0.15, 0.2) is 5.58 Å². The van der Waals surface area contributed by atoms with Crippen molar-refractivity contribution in [2.24, 2.45) is 0 Å². The van der Waals surface area contributed by atoms with Gasteiger partial charge in [0.1, 0.15) is 17.5 Å². The van der Waals surface area contributed by atoms with Gasteiger partial charge in [0, 0.05) is 35.3 Å². The Hall–Kier alpha value is -5.23. The number of hydrogen-bond donors (Lipinski definition) is 2. The van der Waals surface area contributed by atoms with Crippen LogP contribution >= 0.6 is 11.6 Å². The zero-order valence-corrected chi connectivity index (χ0v) is 27.7. The summed E-state index contributed by atoms with van der Waals surface area (Å²) in [5, 5.41) is 2.97. The molecule has 0 radical (unpaired) electrons. The number of nitrogens with zero attached hydrogens (tertiary/aromatic N) is 4. The molecule has 0 bridgehead atoms. The van der Waals surface area contributed by atoms with E-state index >= 15 is 4.39 Å². The van der Waals surface area contributed by atoms with Crippen LogP contribution in [0, 0.1) is 19.7 Å². The lowest BCUT2D eigenvalue weighted by molar-refractivity contribution is -0.130. The second-order valence-corrected chi connectivity index (χ2v) is 13.1. The van der Waals surface area contributed by atoms with Crippen LogP contribution < -0.4 is 21.5 Å². The number of piperazine rings is 1. The van der Waals surface area contributed by atoms with Gasteiger partial charge in [0.05, 0.1) is 39.7 Å². The molecule has 2 N–H and O–H groups in total. The maximum absolute atomic E-state index is 16.8. The van der Waals surface area contributed by atoms with Gasteiger partial charge < -0.3 is 19.5 Å². The molecule has 1 fully saturated rings. The summed E-state index contributed by atoms with van der Waals surface area (Å²) in [6.45, 7) is 13.1. The summed E-state index contributed by atoms with van der Waals surface area (Å²) in [6.07, 6.45) is 2.85. The van der Waals surface area contributed by atoms with E-state index in [1.807, 2.05) is 27.7 Å². The molecule has 0 aliphatic carbocycles. The number of pyridine rings is 2. The summed E-state index contributed by atoms with van der Waals surface area (Å²) in [5.74, 6) is -2.36. The average Bonchev–Trinajstić information content (AvgIpc) is 3.42. The fourth-order valence-electron chi connectivity index (χ4n) is 7.10. The van der Waals surface area contributed by atoms with E-state index in [0.717, 1.165) is 0 Å². The first-order valence-corrected chi connectivity index (χ1v) is 15.9. The van der Waals surface area contributed by atoms with E-state index in [9.17, 15) is 19.2 Å². The average molecular weight is 671 g/mol. The summed E-state index contributed by atoms with van der Waals surface area (Å²) >= 11 is 7.31. The van der Waals surface area contributed by atoms with E-state index in [1.54, 1.807) is 41.1 Å². The van der Waals surface area contributed by atoms with Gasteiger partial charge in [0.25, 0.3) is 5.56 Å². The van der Waals surface area contributed by atoms with Crippen LogP contribution in [-0.2, 0) is 9.59 Å². The third kappa shape index (κ3) is 4.50. The SMILES string of the molecule is C=CC(=O)N1CC2C(=O)Nc3c(c4cc(F)c(-c5c(C)ccc6[nH]c(=O)oc56)c(Cl)c4n(-c4c(C)ccnc4C(C)C)c3=O)N2CC1C. The van der Waals surface area contributed by atoms with E-state index in [1.165, 1.54) is 16.7 Å². The largest absolute Gasteiger partial charge is 0.417 e. The smallest absolute Gasteiger partial charge is 0.407 e. The second-order valence-electron chi connectivity index (χ2n) is 12.7. The van der Waals surface area contributed by atoms with Crippen molar-refractivity contribution in [2.45, 2.75) is 52.6 Å². The highest BCUT2D eigenvalue weighted by Crippen LogP contribution is 2.47. The second kappa shape index (κ2) is 11.2. The molecule has 5 aromatic rings. The van der Waals surface area contributed by atoms with Gasteiger partial charge in [-0.05, 0) is 62.1 Å². The quantitative estimate of drug-likeness (QED) is 0.239. The molecule has 2 amide bonds. The highest BCUT2D eigenvalue weighted by molar-refractivity contribution is 6.39. The molecule has 11 nitrogen and oxygen atoms in total. The zero-order valence-electron chi connectivity index (χ0n) is 26.9. The first-order valence-electron chi connectivity index (χ1n) is 15.5. The van der Waals surface area contributed by atoms with Crippen LogP contribution in [0.15, 0.2) is 57.1 Å². The van der Waals surface area contributed by atoms with Gasteiger partial charge in [-0.25, -0.2) is 9.18 Å². The normalized spacial score (nSPS) is 17.5. The summed E-state index contributed by atoms with van der Waals surface area (Å²) in [4.78, 5) is 63.9. The molecule has 2 atom stereocenters. The number of aromatic amines is 1. The Morgan fingerprint density at radius 1 is 1.12 bits per heavy atom. The van der Waals surface area contributed by atoms with Crippen LogP contribution in [0.5, 0.6) is 0 Å². The van der Waals surface area contributed by atoms with Crippen molar-refractivity contribution in [1.29, 1.82) is 0 Å². The predicted molar refractivity (Wildman–Crippen MR) is 183 cm³/mol. The molecule has 13 heteroatoms. The minimum atomic E-state index is -0.867. The van der Waals surface area contributed by atoms with Crippen molar-refractivity contribution in [3.63, 3.8) is 0 Å². The van der Waals surface area contributed by atoms with Crippen LogP contribution in [0.4, 0.5) is 15.8 Å². The summed E-state index contributed by atoms with van der Waals surface area (Å²) in [5.41, 5.74) is 2.91. The summed E-state index contributed by atoms with van der Waals surface area (Å²) in [6, 6.07) is 5.21. The fraction of sp³-hybridized carbons (Fsp3) is 0.286. The minimum Gasteiger partial charge on any atom is -0.407 e. The molecular formula is C35H32ClFN6O5. The number of aryl methyl sites for hydroxylation is 2. The number of benzene rings is 2. The molecule has 7 rings (SSSR count). The number of aromatic nitrogens is 3. The van der Waals surface area contributed by atoms with Crippen molar-refractivity contribution in [3.8, 4) is 16.8 Å². The van der Waals surface area contributed by atoms with E-state index in [4.69, 9.17) is 16.0 Å². The van der Waals surface area contributed by atoms with Gasteiger partial charge in [-0.15, -0.1) is 0 Å². The Kier molecular flexibility index (Phi) is 7.31. The maximum atomic E-state index is 16.8. The Labute approximate surface area is 278 Å². The van der Waals surface area contributed by atoms with Gasteiger partial charge in [-0.3, -0.25) is 28.9 Å². The number of halogens is 2. The molecule has 2 aliphatic heterocycles. The van der Waals surface area contributed by atoms with Gasteiger partial charge in [0.2, 0.25) is 11.8 Å². The summed E-state index contributed by atoms with van der Waals surface area (Å²) < 4.78 is 23.7. The maximum Gasteiger partial charge on any atom is 0.417 e. The van der Waals surface area contributed by atoms with E-state index in [-0.39, 0.29) is 69.3 Å². The number of nitrogens with one attached hydrogen (secondary N) is 2. The lowest BCUT2D eigenvalue weighted by atomic mass is 9.94. The molecule has 2 aliphatic rings. The number of oxazole rings is 1. The molecule has 2 unspecified atom stereocenters. The number of hydrogen-bond acceptors (Lipinski definition) is 7. The molecule has 246 valence electrons.